The maximum atomic E-state index is 13.8. The number of carboxylic acids is 1. The molecule has 1 aromatic heterocycles. The van der Waals surface area contributed by atoms with Gasteiger partial charge < -0.3 is 14.4 Å². The molecular formula is C22H18BrF2NO4. The second kappa shape index (κ2) is 8.79. The molecule has 1 N–H and O–H groups in total. The van der Waals surface area contributed by atoms with Crippen LogP contribution >= 0.6 is 15.9 Å². The number of hydrogen-bond donors (Lipinski definition) is 1. The Morgan fingerprint density at radius 3 is 2.43 bits per heavy atom. The zero-order valence-corrected chi connectivity index (χ0v) is 17.7. The van der Waals surface area contributed by atoms with Gasteiger partial charge in [0.2, 0.25) is 0 Å². The summed E-state index contributed by atoms with van der Waals surface area (Å²) in [6.45, 7) is 3.39. The molecule has 0 bridgehead atoms. The van der Waals surface area contributed by atoms with E-state index in [2.05, 4.69) is 15.9 Å². The number of aryl methyl sites for hydroxylation is 1. The highest BCUT2D eigenvalue weighted by molar-refractivity contribution is 9.10. The molecule has 0 spiro atoms. The molecule has 156 valence electrons. The molecule has 3 aromatic rings. The standard InChI is InChI=1S/C22H18BrF2NO4/c1-12-9-19(30-11-16-7-8-17(24)10-18(16)25)20(23)21(27)26(12)13(2)14-3-5-15(6-4-14)22(28)29/h3-10,13H,11H2,1-2H3,(H,28,29). The van der Waals surface area contributed by atoms with Crippen molar-refractivity contribution < 1.29 is 23.4 Å². The molecule has 0 radical (unpaired) electrons. The Labute approximate surface area is 179 Å². The van der Waals surface area contributed by atoms with Crippen LogP contribution in [0.25, 0.3) is 0 Å². The number of halogens is 3. The number of carbonyl (C=O) groups is 1. The Morgan fingerprint density at radius 1 is 1.17 bits per heavy atom. The normalized spacial score (nSPS) is 11.9. The molecule has 5 nitrogen and oxygen atoms in total. The molecule has 0 saturated carbocycles. The van der Waals surface area contributed by atoms with Gasteiger partial charge >= 0.3 is 5.97 Å². The van der Waals surface area contributed by atoms with Crippen molar-refractivity contribution in [2.45, 2.75) is 26.5 Å². The lowest BCUT2D eigenvalue weighted by molar-refractivity contribution is 0.0697. The first-order chi connectivity index (χ1) is 14.2. The predicted molar refractivity (Wildman–Crippen MR) is 111 cm³/mol. The van der Waals surface area contributed by atoms with Crippen molar-refractivity contribution in [3.63, 3.8) is 0 Å². The molecular weight excluding hydrogens is 460 g/mol. The Hall–Kier alpha value is -3.00. The molecule has 1 unspecified atom stereocenters. The number of ether oxygens (including phenoxy) is 1. The summed E-state index contributed by atoms with van der Waals surface area (Å²) < 4.78 is 34.2. The molecule has 3 rings (SSSR count). The Balaban J connectivity index is 1.88. The van der Waals surface area contributed by atoms with E-state index in [1.807, 2.05) is 6.92 Å². The van der Waals surface area contributed by atoms with E-state index < -0.39 is 17.6 Å². The average molecular weight is 478 g/mol. The van der Waals surface area contributed by atoms with Gasteiger partial charge in [0, 0.05) is 23.4 Å². The summed E-state index contributed by atoms with van der Waals surface area (Å²) in [5, 5.41) is 9.03. The van der Waals surface area contributed by atoms with Gasteiger partial charge in [0.1, 0.15) is 28.5 Å². The minimum Gasteiger partial charge on any atom is -0.487 e. The molecule has 1 atom stereocenters. The minimum atomic E-state index is -1.02. The van der Waals surface area contributed by atoms with Crippen LogP contribution in [-0.4, -0.2) is 15.6 Å². The summed E-state index contributed by atoms with van der Waals surface area (Å²) in [5.74, 6) is -2.19. The third-order valence-corrected chi connectivity index (χ3v) is 5.50. The summed E-state index contributed by atoms with van der Waals surface area (Å²) in [7, 11) is 0. The number of nitrogens with zero attached hydrogens (tertiary/aromatic N) is 1. The van der Waals surface area contributed by atoms with E-state index in [1.54, 1.807) is 29.7 Å². The topological polar surface area (TPSA) is 68.5 Å². The number of hydrogen-bond acceptors (Lipinski definition) is 3. The smallest absolute Gasteiger partial charge is 0.335 e. The number of aromatic carboxylic acids is 1. The van der Waals surface area contributed by atoms with Crippen molar-refractivity contribution in [3.05, 3.63) is 97.4 Å². The van der Waals surface area contributed by atoms with Crippen molar-refractivity contribution in [3.8, 4) is 5.75 Å². The number of pyridine rings is 1. The van der Waals surface area contributed by atoms with E-state index in [9.17, 15) is 18.4 Å². The van der Waals surface area contributed by atoms with Crippen LogP contribution in [0.5, 0.6) is 5.75 Å². The number of aromatic nitrogens is 1. The lowest BCUT2D eigenvalue weighted by atomic mass is 10.1. The average Bonchev–Trinajstić information content (AvgIpc) is 2.70. The first-order valence-electron chi connectivity index (χ1n) is 9.00. The number of rotatable bonds is 6. The fourth-order valence-corrected chi connectivity index (χ4v) is 3.55. The van der Waals surface area contributed by atoms with Crippen molar-refractivity contribution in [1.29, 1.82) is 0 Å². The van der Waals surface area contributed by atoms with Crippen LogP contribution in [0.15, 0.2) is 57.8 Å². The Morgan fingerprint density at radius 2 is 1.83 bits per heavy atom. The summed E-state index contributed by atoms with van der Waals surface area (Å²) >= 11 is 3.25. The monoisotopic (exact) mass is 477 g/mol. The third kappa shape index (κ3) is 4.43. The quantitative estimate of drug-likeness (QED) is 0.537. The fraction of sp³-hybridized carbons (Fsp3) is 0.182. The van der Waals surface area contributed by atoms with Gasteiger partial charge in [-0.05, 0) is 59.6 Å². The SMILES string of the molecule is Cc1cc(OCc2ccc(F)cc2F)c(Br)c(=O)n1C(C)c1ccc(C(=O)O)cc1. The van der Waals surface area contributed by atoms with E-state index in [0.29, 0.717) is 5.69 Å². The summed E-state index contributed by atoms with van der Waals surface area (Å²) in [6.07, 6.45) is 0. The highest BCUT2D eigenvalue weighted by Gasteiger charge is 2.18. The molecule has 0 saturated heterocycles. The van der Waals surface area contributed by atoms with Crippen LogP contribution in [0.2, 0.25) is 0 Å². The lowest BCUT2D eigenvalue weighted by Gasteiger charge is -2.21. The van der Waals surface area contributed by atoms with E-state index in [1.165, 1.54) is 18.2 Å². The molecule has 0 fully saturated rings. The van der Waals surface area contributed by atoms with Gasteiger partial charge in [0.25, 0.3) is 5.56 Å². The van der Waals surface area contributed by atoms with Crippen LogP contribution in [0.4, 0.5) is 8.78 Å². The second-order valence-electron chi connectivity index (χ2n) is 6.77. The highest BCUT2D eigenvalue weighted by Crippen LogP contribution is 2.27. The van der Waals surface area contributed by atoms with Gasteiger partial charge in [-0.1, -0.05) is 12.1 Å². The van der Waals surface area contributed by atoms with Gasteiger partial charge in [0.05, 0.1) is 11.6 Å². The van der Waals surface area contributed by atoms with Crippen LogP contribution in [0.3, 0.4) is 0 Å². The van der Waals surface area contributed by atoms with Crippen LogP contribution in [-0.2, 0) is 6.61 Å². The highest BCUT2D eigenvalue weighted by atomic mass is 79.9. The largest absolute Gasteiger partial charge is 0.487 e. The molecule has 8 heteroatoms. The molecule has 1 heterocycles. The number of benzene rings is 2. The van der Waals surface area contributed by atoms with Crippen LogP contribution < -0.4 is 10.3 Å². The Kier molecular flexibility index (Phi) is 6.36. The van der Waals surface area contributed by atoms with E-state index in [4.69, 9.17) is 9.84 Å². The Bertz CT molecular complexity index is 1160. The fourth-order valence-electron chi connectivity index (χ4n) is 3.13. The van der Waals surface area contributed by atoms with E-state index in [0.717, 1.165) is 17.7 Å². The predicted octanol–water partition coefficient (Wildman–Crippen LogP) is 5.08. The van der Waals surface area contributed by atoms with Crippen LogP contribution in [0.1, 0.15) is 40.1 Å². The first-order valence-corrected chi connectivity index (χ1v) is 9.80. The van der Waals surface area contributed by atoms with Gasteiger partial charge in [-0.25, -0.2) is 13.6 Å². The van der Waals surface area contributed by atoms with Crippen molar-refractivity contribution in [1.82, 2.24) is 4.57 Å². The van der Waals surface area contributed by atoms with Gasteiger partial charge in [-0.3, -0.25) is 4.79 Å². The molecule has 0 aliphatic heterocycles. The number of carboxylic acid groups (broad SMARTS) is 1. The van der Waals surface area contributed by atoms with Crippen molar-refractivity contribution in [2.75, 3.05) is 0 Å². The van der Waals surface area contributed by atoms with Crippen molar-refractivity contribution in [2.24, 2.45) is 0 Å². The zero-order valence-electron chi connectivity index (χ0n) is 16.2. The molecule has 0 aliphatic carbocycles. The third-order valence-electron chi connectivity index (χ3n) is 4.77. The molecule has 2 aromatic carbocycles. The van der Waals surface area contributed by atoms with E-state index in [-0.39, 0.29) is 39.6 Å². The van der Waals surface area contributed by atoms with Gasteiger partial charge in [0.15, 0.2) is 0 Å². The zero-order chi connectivity index (χ0) is 22.0. The lowest BCUT2D eigenvalue weighted by Crippen LogP contribution is -2.27. The van der Waals surface area contributed by atoms with E-state index >= 15 is 0 Å². The second-order valence-corrected chi connectivity index (χ2v) is 7.56. The van der Waals surface area contributed by atoms with Crippen LogP contribution in [0, 0.1) is 18.6 Å². The van der Waals surface area contributed by atoms with Gasteiger partial charge in [-0.2, -0.15) is 0 Å². The molecule has 30 heavy (non-hydrogen) atoms. The van der Waals surface area contributed by atoms with Crippen molar-refractivity contribution >= 4 is 21.9 Å². The molecule has 0 amide bonds. The summed E-state index contributed by atoms with van der Waals surface area (Å²) in [6, 6.07) is 10.8. The van der Waals surface area contributed by atoms with Gasteiger partial charge in [-0.15, -0.1) is 0 Å². The minimum absolute atomic E-state index is 0.160. The maximum absolute atomic E-state index is 13.8. The molecule has 0 aliphatic rings. The maximum Gasteiger partial charge on any atom is 0.335 e. The first kappa shape index (κ1) is 21.7. The summed E-state index contributed by atoms with van der Waals surface area (Å²) in [5.41, 5.74) is 1.34. The summed E-state index contributed by atoms with van der Waals surface area (Å²) in [4.78, 5) is 24.0.